The Morgan fingerprint density at radius 1 is 1.69 bits per heavy atom. The maximum absolute atomic E-state index is 11.0. The number of halogens is 1. The van der Waals surface area contributed by atoms with E-state index in [4.69, 9.17) is 26.6 Å². The molecule has 0 aromatic rings. The Labute approximate surface area is 88.7 Å². The first-order valence-corrected chi connectivity index (χ1v) is 9.38. The second-order valence-electron chi connectivity index (χ2n) is 2.69. The Morgan fingerprint density at radius 3 is 2.77 bits per heavy atom. The minimum atomic E-state index is -1.52. The van der Waals surface area contributed by atoms with Gasteiger partial charge in [-0.15, -0.1) is 0 Å². The summed E-state index contributed by atoms with van der Waals surface area (Å²) in [7, 11) is 5.50. The fraction of sp³-hybridized carbons (Fsp3) is 0.667. The van der Waals surface area contributed by atoms with Gasteiger partial charge in [-0.05, 0) is 0 Å². The van der Waals surface area contributed by atoms with Crippen LogP contribution < -0.4 is 16.8 Å². The van der Waals surface area contributed by atoms with Gasteiger partial charge in [-0.25, -0.2) is 0 Å². The van der Waals surface area contributed by atoms with E-state index in [2.05, 4.69) is 5.32 Å². The summed E-state index contributed by atoms with van der Waals surface area (Å²) in [6.45, 7) is 0.575. The zero-order chi connectivity index (χ0) is 10.3. The molecular formula is C6H13ClN4OZn. The van der Waals surface area contributed by atoms with Gasteiger partial charge in [0.2, 0.25) is 0 Å². The van der Waals surface area contributed by atoms with Gasteiger partial charge in [0.1, 0.15) is 0 Å². The molecule has 0 aromatic heterocycles. The van der Waals surface area contributed by atoms with Crippen molar-refractivity contribution >= 4 is 20.0 Å². The molecule has 0 heterocycles. The molecule has 0 amide bonds. The number of nitrogens with two attached hydrogens (primary N) is 2. The first-order valence-electron chi connectivity index (χ1n) is 4.00. The molecule has 0 radical (unpaired) electrons. The van der Waals surface area contributed by atoms with Crippen LogP contribution in [0.1, 0.15) is 12.8 Å². The van der Waals surface area contributed by atoms with Crippen LogP contribution in [0, 0.1) is 5.41 Å². The normalized spacial score (nSPS) is 11.5. The van der Waals surface area contributed by atoms with Crippen LogP contribution in [-0.2, 0) is 20.9 Å². The van der Waals surface area contributed by atoms with Crippen molar-refractivity contribution in [3.05, 3.63) is 0 Å². The number of nitrogens with one attached hydrogen (secondary N) is 2. The van der Waals surface area contributed by atoms with Crippen molar-refractivity contribution in [1.82, 2.24) is 5.32 Å². The van der Waals surface area contributed by atoms with E-state index in [9.17, 15) is 4.79 Å². The van der Waals surface area contributed by atoms with Crippen LogP contribution in [0.3, 0.4) is 0 Å². The molecule has 0 rings (SSSR count). The van der Waals surface area contributed by atoms with E-state index in [1.165, 1.54) is 0 Å². The SMILES string of the molecule is N=C(N)NCCC[C@H](N)[C](=O)[Zn][Cl]. The summed E-state index contributed by atoms with van der Waals surface area (Å²) in [4.78, 5) is 11.0. The number of rotatable bonds is 6. The van der Waals surface area contributed by atoms with Crippen molar-refractivity contribution in [1.29, 1.82) is 5.41 Å². The van der Waals surface area contributed by atoms with Gasteiger partial charge in [-0.3, -0.25) is 0 Å². The molecule has 13 heavy (non-hydrogen) atoms. The molecule has 7 heteroatoms. The van der Waals surface area contributed by atoms with E-state index < -0.39 is 22.2 Å². The first-order chi connectivity index (χ1) is 6.07. The van der Waals surface area contributed by atoms with E-state index in [1.54, 1.807) is 0 Å². The summed E-state index contributed by atoms with van der Waals surface area (Å²) in [5.41, 5.74) is 10.6. The molecule has 0 saturated heterocycles. The zero-order valence-corrected chi connectivity index (χ0v) is 11.1. The fourth-order valence-electron chi connectivity index (χ4n) is 0.805. The Balaban J connectivity index is 3.42. The van der Waals surface area contributed by atoms with Crippen LogP contribution in [-0.4, -0.2) is 22.9 Å². The van der Waals surface area contributed by atoms with Gasteiger partial charge in [0, 0.05) is 0 Å². The van der Waals surface area contributed by atoms with E-state index in [1.807, 2.05) is 0 Å². The molecule has 0 unspecified atom stereocenters. The molecule has 0 fully saturated rings. The van der Waals surface area contributed by atoms with Crippen molar-refractivity contribution in [2.75, 3.05) is 6.54 Å². The number of guanidine groups is 1. The van der Waals surface area contributed by atoms with Crippen molar-refractivity contribution in [2.24, 2.45) is 11.5 Å². The predicted molar refractivity (Wildman–Crippen MR) is 48.0 cm³/mol. The van der Waals surface area contributed by atoms with Crippen LogP contribution in [0.25, 0.3) is 0 Å². The number of hydrogen-bond donors (Lipinski definition) is 4. The molecule has 1 atom stereocenters. The Morgan fingerprint density at radius 2 is 2.31 bits per heavy atom. The van der Waals surface area contributed by atoms with Gasteiger partial charge in [0.25, 0.3) is 0 Å². The Kier molecular flexibility index (Phi) is 7.14. The summed E-state index contributed by atoms with van der Waals surface area (Å²) >= 11 is -1.52. The van der Waals surface area contributed by atoms with Gasteiger partial charge in [0.05, 0.1) is 0 Å². The molecule has 0 saturated carbocycles. The fourth-order valence-corrected chi connectivity index (χ4v) is 2.68. The van der Waals surface area contributed by atoms with Crippen LogP contribution >= 0.6 is 9.69 Å². The Hall–Kier alpha value is -0.187. The molecule has 0 aliphatic heterocycles. The van der Waals surface area contributed by atoms with Crippen LogP contribution in [0.15, 0.2) is 0 Å². The molecule has 0 aromatic carbocycles. The summed E-state index contributed by atoms with van der Waals surface area (Å²) < 4.78 is 0.0389. The van der Waals surface area contributed by atoms with Crippen molar-refractivity contribution in [3.63, 3.8) is 0 Å². The molecule has 0 bridgehead atoms. The monoisotopic (exact) mass is 256 g/mol. The molecule has 0 spiro atoms. The third kappa shape index (κ3) is 6.93. The standard InChI is InChI=1S/C6H13N4O.ClH.Zn/c7-5(4-11)2-1-3-10-6(8)9;;/h5H,1-3,7H2,(H4,8,9,10);1H;/q;;+1/p-1/t5-;;/m0../s1. The number of carbonyl (C=O) groups is 1. The average molecular weight is 258 g/mol. The van der Waals surface area contributed by atoms with Gasteiger partial charge in [0.15, 0.2) is 0 Å². The Bertz CT molecular complexity index is 189. The topological polar surface area (TPSA) is 105 Å². The number of carbonyl (C=O) groups excluding carboxylic acids is 1. The van der Waals surface area contributed by atoms with E-state index in [0.29, 0.717) is 13.0 Å². The first kappa shape index (κ1) is 12.8. The molecule has 5 nitrogen and oxygen atoms in total. The van der Waals surface area contributed by atoms with E-state index >= 15 is 0 Å². The maximum atomic E-state index is 11.0. The van der Waals surface area contributed by atoms with Gasteiger partial charge >= 0.3 is 88.6 Å². The molecular weight excluding hydrogens is 245 g/mol. The molecule has 72 valence electrons. The minimum absolute atomic E-state index is 0.0389. The van der Waals surface area contributed by atoms with Crippen molar-refractivity contribution < 1.29 is 20.9 Å². The summed E-state index contributed by atoms with van der Waals surface area (Å²) in [6, 6.07) is -0.411. The van der Waals surface area contributed by atoms with Crippen LogP contribution in [0.4, 0.5) is 0 Å². The molecule has 0 aliphatic rings. The second kappa shape index (κ2) is 7.24. The van der Waals surface area contributed by atoms with Gasteiger partial charge < -0.3 is 0 Å². The molecule has 6 N–H and O–H groups in total. The summed E-state index contributed by atoms with van der Waals surface area (Å²) in [6.07, 6.45) is 1.34. The third-order valence-electron chi connectivity index (χ3n) is 1.55. The summed E-state index contributed by atoms with van der Waals surface area (Å²) in [5.74, 6) is -0.0603. The predicted octanol–water partition coefficient (Wildman–Crippen LogP) is -0.660. The zero-order valence-electron chi connectivity index (χ0n) is 7.35. The van der Waals surface area contributed by atoms with E-state index in [-0.39, 0.29) is 10.3 Å². The molecule has 0 aliphatic carbocycles. The summed E-state index contributed by atoms with van der Waals surface area (Å²) in [5, 5.41) is 9.49. The van der Waals surface area contributed by atoms with Crippen molar-refractivity contribution in [3.8, 4) is 0 Å². The van der Waals surface area contributed by atoms with Crippen LogP contribution in [0.2, 0.25) is 0 Å². The third-order valence-corrected chi connectivity index (χ3v) is 4.57. The van der Waals surface area contributed by atoms with Gasteiger partial charge in [-0.2, -0.15) is 0 Å². The van der Waals surface area contributed by atoms with E-state index in [0.717, 1.165) is 6.42 Å². The van der Waals surface area contributed by atoms with Crippen LogP contribution in [0.5, 0.6) is 0 Å². The second-order valence-corrected chi connectivity index (χ2v) is 6.10. The average Bonchev–Trinajstić information content (AvgIpc) is 2.10. The quantitative estimate of drug-likeness (QED) is 0.219. The van der Waals surface area contributed by atoms with Gasteiger partial charge in [-0.1, -0.05) is 0 Å². The van der Waals surface area contributed by atoms with Crippen molar-refractivity contribution in [2.45, 2.75) is 18.9 Å². The number of hydrogen-bond acceptors (Lipinski definition) is 3.